The Morgan fingerprint density at radius 1 is 1.38 bits per heavy atom. The Morgan fingerprint density at radius 3 is 2.62 bits per heavy atom. The van der Waals surface area contributed by atoms with Gasteiger partial charge in [-0.2, -0.15) is 12.6 Å². The van der Waals surface area contributed by atoms with Gasteiger partial charge in [-0.25, -0.2) is 0 Å². The molecule has 0 aromatic heterocycles. The van der Waals surface area contributed by atoms with Gasteiger partial charge in [0.2, 0.25) is 5.91 Å². The van der Waals surface area contributed by atoms with Crippen molar-refractivity contribution in [3.05, 3.63) is 0 Å². The zero-order valence-corrected chi connectivity index (χ0v) is 11.0. The minimum absolute atomic E-state index is 0.0981. The van der Waals surface area contributed by atoms with E-state index in [0.717, 1.165) is 25.6 Å². The van der Waals surface area contributed by atoms with Gasteiger partial charge in [0.25, 0.3) is 0 Å². The molecule has 2 atom stereocenters. The number of likely N-dealkylation sites (tertiary alicyclic amines) is 1. The molecule has 2 aliphatic rings. The van der Waals surface area contributed by atoms with Crippen molar-refractivity contribution in [2.75, 3.05) is 13.1 Å². The molecule has 92 valence electrons. The smallest absolute Gasteiger partial charge is 0.233 e. The molecule has 0 aromatic rings. The number of carbonyl (C=O) groups is 1. The van der Waals surface area contributed by atoms with Gasteiger partial charge < -0.3 is 5.32 Å². The third-order valence-electron chi connectivity index (χ3n) is 3.53. The summed E-state index contributed by atoms with van der Waals surface area (Å²) in [5.41, 5.74) is 0. The molecule has 2 fully saturated rings. The predicted octanol–water partition coefficient (Wildman–Crippen LogP) is 1.29. The summed E-state index contributed by atoms with van der Waals surface area (Å²) in [5.74, 6) is 0.394. The number of nitrogens with one attached hydrogen (secondary N) is 1. The second-order valence-electron chi connectivity index (χ2n) is 5.41. The number of thiol groups is 1. The number of carbonyl (C=O) groups excluding carboxylic acids is 1. The van der Waals surface area contributed by atoms with Crippen LogP contribution >= 0.6 is 12.6 Å². The van der Waals surface area contributed by atoms with Crippen molar-refractivity contribution in [2.45, 2.75) is 50.4 Å². The lowest BCUT2D eigenvalue weighted by Crippen LogP contribution is -2.42. The molecule has 0 radical (unpaired) electrons. The first-order chi connectivity index (χ1) is 7.58. The molecule has 2 rings (SSSR count). The Morgan fingerprint density at radius 2 is 2.06 bits per heavy atom. The first kappa shape index (κ1) is 12.2. The number of amides is 1. The fourth-order valence-electron chi connectivity index (χ4n) is 2.27. The summed E-state index contributed by atoms with van der Waals surface area (Å²) in [6.45, 7) is 6.24. The second-order valence-corrected chi connectivity index (χ2v) is 5.97. The molecule has 2 unspecified atom stereocenters. The van der Waals surface area contributed by atoms with Gasteiger partial charge in [-0.05, 0) is 25.2 Å². The van der Waals surface area contributed by atoms with Gasteiger partial charge in [0.05, 0.1) is 5.25 Å². The quantitative estimate of drug-likeness (QED) is 0.728. The van der Waals surface area contributed by atoms with Gasteiger partial charge in [0.1, 0.15) is 0 Å². The van der Waals surface area contributed by atoms with E-state index in [1.165, 1.54) is 12.8 Å². The van der Waals surface area contributed by atoms with Crippen LogP contribution in [-0.4, -0.2) is 41.2 Å². The number of nitrogens with zero attached hydrogens (tertiary/aromatic N) is 1. The number of hydrogen-bond donors (Lipinski definition) is 2. The first-order valence-corrected chi connectivity index (χ1v) is 6.82. The summed E-state index contributed by atoms with van der Waals surface area (Å²) in [6.07, 6.45) is 3.80. The minimum Gasteiger partial charge on any atom is -0.351 e. The molecular formula is C12H22N2OS. The zero-order chi connectivity index (χ0) is 11.7. The Bertz CT molecular complexity index is 266. The van der Waals surface area contributed by atoms with Crippen LogP contribution in [0, 0.1) is 5.92 Å². The summed E-state index contributed by atoms with van der Waals surface area (Å²) < 4.78 is 0. The van der Waals surface area contributed by atoms with E-state index >= 15 is 0 Å². The Kier molecular flexibility index (Phi) is 3.80. The molecule has 1 aliphatic carbocycles. The van der Waals surface area contributed by atoms with Crippen molar-refractivity contribution < 1.29 is 4.79 Å². The van der Waals surface area contributed by atoms with Crippen LogP contribution in [0.2, 0.25) is 0 Å². The Hall–Kier alpha value is -0.220. The van der Waals surface area contributed by atoms with Crippen molar-refractivity contribution in [3.63, 3.8) is 0 Å². The highest BCUT2D eigenvalue weighted by Crippen LogP contribution is 2.29. The molecule has 3 nitrogen and oxygen atoms in total. The van der Waals surface area contributed by atoms with E-state index in [0.29, 0.717) is 12.0 Å². The van der Waals surface area contributed by atoms with Crippen molar-refractivity contribution in [3.8, 4) is 0 Å². The summed E-state index contributed by atoms with van der Waals surface area (Å²) in [4.78, 5) is 14.3. The summed E-state index contributed by atoms with van der Waals surface area (Å²) in [6, 6.07) is 1.17. The van der Waals surface area contributed by atoms with Crippen molar-refractivity contribution in [2.24, 2.45) is 5.92 Å². The monoisotopic (exact) mass is 242 g/mol. The maximum atomic E-state index is 11.8. The maximum Gasteiger partial charge on any atom is 0.233 e. The van der Waals surface area contributed by atoms with E-state index in [-0.39, 0.29) is 11.2 Å². The van der Waals surface area contributed by atoms with Crippen LogP contribution in [0.5, 0.6) is 0 Å². The number of hydrogen-bond acceptors (Lipinski definition) is 3. The van der Waals surface area contributed by atoms with Crippen LogP contribution in [-0.2, 0) is 4.79 Å². The highest BCUT2D eigenvalue weighted by molar-refractivity contribution is 7.81. The molecule has 1 heterocycles. The lowest BCUT2D eigenvalue weighted by molar-refractivity contribution is -0.121. The fraction of sp³-hybridized carbons (Fsp3) is 0.917. The first-order valence-electron chi connectivity index (χ1n) is 6.30. The van der Waals surface area contributed by atoms with Gasteiger partial charge >= 0.3 is 0 Å². The lowest BCUT2D eigenvalue weighted by Gasteiger charge is -2.19. The van der Waals surface area contributed by atoms with Gasteiger partial charge in [-0.3, -0.25) is 9.69 Å². The van der Waals surface area contributed by atoms with Crippen LogP contribution in [0.15, 0.2) is 0 Å². The van der Waals surface area contributed by atoms with E-state index < -0.39 is 0 Å². The molecule has 1 amide bonds. The van der Waals surface area contributed by atoms with Gasteiger partial charge in [-0.1, -0.05) is 13.8 Å². The summed E-state index contributed by atoms with van der Waals surface area (Å²) >= 11 is 4.34. The zero-order valence-electron chi connectivity index (χ0n) is 10.1. The average molecular weight is 242 g/mol. The van der Waals surface area contributed by atoms with E-state index in [1.54, 1.807) is 0 Å². The van der Waals surface area contributed by atoms with Gasteiger partial charge in [0.15, 0.2) is 0 Å². The molecule has 4 heteroatoms. The Labute approximate surface area is 103 Å². The highest BCUT2D eigenvalue weighted by atomic mass is 32.1. The van der Waals surface area contributed by atoms with Gasteiger partial charge in [-0.15, -0.1) is 0 Å². The van der Waals surface area contributed by atoms with Crippen LogP contribution in [0.4, 0.5) is 0 Å². The molecule has 16 heavy (non-hydrogen) atoms. The van der Waals surface area contributed by atoms with E-state index in [9.17, 15) is 4.79 Å². The van der Waals surface area contributed by atoms with Crippen molar-refractivity contribution in [1.82, 2.24) is 10.2 Å². The van der Waals surface area contributed by atoms with Crippen LogP contribution in [0.3, 0.4) is 0 Å². The fourth-order valence-corrected chi connectivity index (χ4v) is 2.34. The Balaban J connectivity index is 1.75. The molecule has 0 aromatic carbocycles. The van der Waals surface area contributed by atoms with Gasteiger partial charge in [0, 0.05) is 25.2 Å². The lowest BCUT2D eigenvalue weighted by atomic mass is 10.1. The largest absolute Gasteiger partial charge is 0.351 e. The van der Waals surface area contributed by atoms with E-state index in [2.05, 4.69) is 22.8 Å². The maximum absolute atomic E-state index is 11.8. The topological polar surface area (TPSA) is 32.3 Å². The molecule has 1 saturated carbocycles. The SMILES string of the molecule is CC(C)C(S)C(=O)NC1CCN(C2CC2)C1. The predicted molar refractivity (Wildman–Crippen MR) is 68.8 cm³/mol. The third-order valence-corrected chi connectivity index (χ3v) is 4.36. The number of rotatable bonds is 4. The normalized spacial score (nSPS) is 28.4. The molecule has 1 saturated heterocycles. The second kappa shape index (κ2) is 4.96. The molecular weight excluding hydrogens is 220 g/mol. The summed E-state index contributed by atoms with van der Waals surface area (Å²) in [7, 11) is 0. The third kappa shape index (κ3) is 2.92. The average Bonchev–Trinajstić information content (AvgIpc) is 2.99. The van der Waals surface area contributed by atoms with Crippen molar-refractivity contribution in [1.29, 1.82) is 0 Å². The van der Waals surface area contributed by atoms with Crippen molar-refractivity contribution >= 4 is 18.5 Å². The van der Waals surface area contributed by atoms with Crippen LogP contribution < -0.4 is 5.32 Å². The highest BCUT2D eigenvalue weighted by Gasteiger charge is 2.35. The summed E-state index contributed by atoms with van der Waals surface area (Å²) in [5, 5.41) is 2.94. The standard InChI is InChI=1S/C12H22N2OS/c1-8(2)11(16)12(15)13-9-5-6-14(7-9)10-3-4-10/h8-11,16H,3-7H2,1-2H3,(H,13,15). The molecule has 1 aliphatic heterocycles. The van der Waals surface area contributed by atoms with Crippen LogP contribution in [0.1, 0.15) is 33.1 Å². The minimum atomic E-state index is -0.171. The molecule has 0 spiro atoms. The van der Waals surface area contributed by atoms with E-state index in [4.69, 9.17) is 0 Å². The van der Waals surface area contributed by atoms with E-state index in [1.807, 2.05) is 13.8 Å². The molecule has 1 N–H and O–H groups in total. The van der Waals surface area contributed by atoms with Crippen LogP contribution in [0.25, 0.3) is 0 Å². The molecule has 0 bridgehead atoms.